The second-order valence-corrected chi connectivity index (χ2v) is 5.31. The zero-order valence-corrected chi connectivity index (χ0v) is 12.4. The first-order valence-corrected chi connectivity index (χ1v) is 7.55. The fourth-order valence-corrected chi connectivity index (χ4v) is 2.64. The molecule has 0 unspecified atom stereocenters. The van der Waals surface area contributed by atoms with E-state index in [1.807, 2.05) is 66.0 Å². The first-order chi connectivity index (χ1) is 10.9. The third-order valence-corrected chi connectivity index (χ3v) is 3.80. The lowest BCUT2D eigenvalue weighted by molar-refractivity contribution is 1.31. The van der Waals surface area contributed by atoms with E-state index in [1.165, 1.54) is 11.3 Å². The summed E-state index contributed by atoms with van der Waals surface area (Å²) in [6.07, 6.45) is 0. The molecule has 0 amide bonds. The molecule has 0 aliphatic rings. The highest BCUT2D eigenvalue weighted by Gasteiger charge is 2.10. The van der Waals surface area contributed by atoms with Crippen molar-refractivity contribution in [2.75, 3.05) is 5.43 Å². The number of anilines is 1. The molecule has 1 N–H and O–H groups in total. The van der Waals surface area contributed by atoms with Crippen LogP contribution >= 0.6 is 11.3 Å². The van der Waals surface area contributed by atoms with Crippen LogP contribution in [0.3, 0.4) is 0 Å². The standard InChI is InChI=1S/C17H12N4S/c18-11-15(21-20-14-9-5-2-6-10-14)17-19-16(12-22-17)13-7-3-1-4-8-13/h1-10,12,20H/b21-15-. The first kappa shape index (κ1) is 14.0. The molecule has 0 bridgehead atoms. The second kappa shape index (κ2) is 6.66. The van der Waals surface area contributed by atoms with Crippen LogP contribution in [0.25, 0.3) is 11.3 Å². The van der Waals surface area contributed by atoms with Crippen molar-refractivity contribution in [1.82, 2.24) is 4.98 Å². The van der Waals surface area contributed by atoms with Gasteiger partial charge in [-0.2, -0.15) is 10.4 Å². The minimum absolute atomic E-state index is 0.274. The Bertz CT molecular complexity index is 817. The van der Waals surface area contributed by atoms with E-state index in [0.29, 0.717) is 5.01 Å². The molecule has 106 valence electrons. The number of benzene rings is 2. The molecule has 5 heteroatoms. The van der Waals surface area contributed by atoms with Crippen LogP contribution < -0.4 is 5.43 Å². The third kappa shape index (κ3) is 3.19. The Labute approximate surface area is 132 Å². The van der Waals surface area contributed by atoms with Crippen molar-refractivity contribution < 1.29 is 0 Å². The highest BCUT2D eigenvalue weighted by Crippen LogP contribution is 2.22. The van der Waals surface area contributed by atoms with Gasteiger partial charge in [-0.15, -0.1) is 11.3 Å². The highest BCUT2D eigenvalue weighted by molar-refractivity contribution is 7.12. The van der Waals surface area contributed by atoms with Crippen molar-refractivity contribution in [2.45, 2.75) is 0 Å². The van der Waals surface area contributed by atoms with Crippen LogP contribution in [-0.2, 0) is 0 Å². The highest BCUT2D eigenvalue weighted by atomic mass is 32.1. The predicted octanol–water partition coefficient (Wildman–Crippen LogP) is 4.15. The Morgan fingerprint density at radius 2 is 1.73 bits per heavy atom. The lowest BCUT2D eigenvalue weighted by Gasteiger charge is -1.99. The fourth-order valence-electron chi connectivity index (χ4n) is 1.88. The number of rotatable bonds is 4. The predicted molar refractivity (Wildman–Crippen MR) is 89.8 cm³/mol. The molecular weight excluding hydrogens is 292 g/mol. The molecule has 1 heterocycles. The van der Waals surface area contributed by atoms with Gasteiger partial charge in [-0.3, -0.25) is 5.43 Å². The van der Waals surface area contributed by atoms with E-state index in [2.05, 4.69) is 21.6 Å². The molecular formula is C17H12N4S. The van der Waals surface area contributed by atoms with Crippen LogP contribution in [0.1, 0.15) is 5.01 Å². The molecule has 2 aromatic carbocycles. The average molecular weight is 304 g/mol. The van der Waals surface area contributed by atoms with Gasteiger partial charge >= 0.3 is 0 Å². The monoisotopic (exact) mass is 304 g/mol. The van der Waals surface area contributed by atoms with Crippen molar-refractivity contribution in [3.05, 3.63) is 71.1 Å². The van der Waals surface area contributed by atoms with E-state index in [9.17, 15) is 5.26 Å². The van der Waals surface area contributed by atoms with Gasteiger partial charge in [-0.1, -0.05) is 48.5 Å². The molecule has 3 aromatic rings. The van der Waals surface area contributed by atoms with Crippen LogP contribution in [0.2, 0.25) is 0 Å². The van der Waals surface area contributed by atoms with Crippen LogP contribution in [-0.4, -0.2) is 10.7 Å². The van der Waals surface area contributed by atoms with E-state index in [0.717, 1.165) is 16.9 Å². The average Bonchev–Trinajstić information content (AvgIpc) is 3.07. The van der Waals surface area contributed by atoms with Gasteiger partial charge in [0.25, 0.3) is 0 Å². The number of hydrazone groups is 1. The van der Waals surface area contributed by atoms with Crippen LogP contribution in [0, 0.1) is 11.3 Å². The Hall–Kier alpha value is -2.97. The zero-order chi connectivity index (χ0) is 15.2. The molecule has 0 saturated heterocycles. The van der Waals surface area contributed by atoms with E-state index in [1.54, 1.807) is 0 Å². The van der Waals surface area contributed by atoms with E-state index < -0.39 is 0 Å². The van der Waals surface area contributed by atoms with Crippen molar-refractivity contribution in [2.24, 2.45) is 5.10 Å². The summed E-state index contributed by atoms with van der Waals surface area (Å²) < 4.78 is 0. The quantitative estimate of drug-likeness (QED) is 0.582. The van der Waals surface area contributed by atoms with Crippen molar-refractivity contribution in [3.8, 4) is 17.3 Å². The summed E-state index contributed by atoms with van der Waals surface area (Å²) in [5.74, 6) is 0. The fraction of sp³-hybridized carbons (Fsp3) is 0. The molecule has 4 nitrogen and oxygen atoms in total. The SMILES string of the molecule is N#C/C(=N/Nc1ccccc1)c1nc(-c2ccccc2)cs1. The van der Waals surface area contributed by atoms with E-state index >= 15 is 0 Å². The summed E-state index contributed by atoms with van der Waals surface area (Å²) in [6, 6.07) is 21.5. The lowest BCUT2D eigenvalue weighted by atomic mass is 10.2. The molecule has 0 fully saturated rings. The third-order valence-electron chi connectivity index (χ3n) is 2.95. The van der Waals surface area contributed by atoms with Gasteiger partial charge in [0.15, 0.2) is 10.7 Å². The van der Waals surface area contributed by atoms with Gasteiger partial charge < -0.3 is 0 Å². The van der Waals surface area contributed by atoms with Crippen LogP contribution in [0.4, 0.5) is 5.69 Å². The molecule has 0 spiro atoms. The Balaban J connectivity index is 1.83. The van der Waals surface area contributed by atoms with Gasteiger partial charge in [0, 0.05) is 10.9 Å². The topological polar surface area (TPSA) is 61.1 Å². The minimum atomic E-state index is 0.274. The Morgan fingerprint density at radius 1 is 1.05 bits per heavy atom. The largest absolute Gasteiger partial charge is 0.277 e. The summed E-state index contributed by atoms with van der Waals surface area (Å²) >= 11 is 1.41. The molecule has 0 saturated carbocycles. The van der Waals surface area contributed by atoms with Gasteiger partial charge in [-0.05, 0) is 12.1 Å². The number of nitriles is 1. The van der Waals surface area contributed by atoms with Crippen molar-refractivity contribution in [1.29, 1.82) is 5.26 Å². The van der Waals surface area contributed by atoms with Crippen LogP contribution in [0.15, 0.2) is 71.1 Å². The Morgan fingerprint density at radius 3 is 2.41 bits per heavy atom. The lowest BCUT2D eigenvalue weighted by Crippen LogP contribution is -2.01. The van der Waals surface area contributed by atoms with Crippen molar-refractivity contribution >= 4 is 22.7 Å². The summed E-state index contributed by atoms with van der Waals surface area (Å²) in [5, 5.41) is 16.0. The van der Waals surface area contributed by atoms with Gasteiger partial charge in [0.1, 0.15) is 6.07 Å². The molecule has 1 aromatic heterocycles. The minimum Gasteiger partial charge on any atom is -0.277 e. The number of nitrogens with zero attached hydrogens (tertiary/aromatic N) is 3. The number of hydrogen-bond acceptors (Lipinski definition) is 5. The Kier molecular flexibility index (Phi) is 4.23. The van der Waals surface area contributed by atoms with Crippen LogP contribution in [0.5, 0.6) is 0 Å². The maximum atomic E-state index is 9.28. The number of hydrogen-bond donors (Lipinski definition) is 1. The second-order valence-electron chi connectivity index (χ2n) is 4.45. The molecule has 22 heavy (non-hydrogen) atoms. The summed E-state index contributed by atoms with van der Waals surface area (Å²) in [7, 11) is 0. The van der Waals surface area contributed by atoms with Gasteiger partial charge in [0.2, 0.25) is 0 Å². The zero-order valence-electron chi connectivity index (χ0n) is 11.6. The molecule has 0 aliphatic heterocycles. The summed E-state index contributed by atoms with van der Waals surface area (Å²) in [6.45, 7) is 0. The smallest absolute Gasteiger partial charge is 0.196 e. The first-order valence-electron chi connectivity index (χ1n) is 6.67. The normalized spacial score (nSPS) is 11.0. The molecule has 0 radical (unpaired) electrons. The maximum Gasteiger partial charge on any atom is 0.196 e. The molecule has 0 aliphatic carbocycles. The van der Waals surface area contributed by atoms with Gasteiger partial charge in [-0.25, -0.2) is 4.98 Å². The summed E-state index contributed by atoms with van der Waals surface area (Å²) in [5.41, 5.74) is 5.85. The molecule has 3 rings (SSSR count). The molecule has 0 atom stereocenters. The van der Waals surface area contributed by atoms with Crippen molar-refractivity contribution in [3.63, 3.8) is 0 Å². The van der Waals surface area contributed by atoms with E-state index in [4.69, 9.17) is 0 Å². The number of thiazole rings is 1. The van der Waals surface area contributed by atoms with Gasteiger partial charge in [0.05, 0.1) is 11.4 Å². The number of nitrogens with one attached hydrogen (secondary N) is 1. The summed E-state index contributed by atoms with van der Waals surface area (Å²) in [4.78, 5) is 4.49. The number of para-hydroxylation sites is 1. The maximum absolute atomic E-state index is 9.28. The van der Waals surface area contributed by atoms with E-state index in [-0.39, 0.29) is 5.71 Å². The number of aromatic nitrogens is 1.